The van der Waals surface area contributed by atoms with Crippen LogP contribution in [0.4, 0.5) is 0 Å². The molecule has 1 amide bonds. The lowest BCUT2D eigenvalue weighted by Gasteiger charge is -2.14. The van der Waals surface area contributed by atoms with E-state index in [0.29, 0.717) is 40.9 Å². The van der Waals surface area contributed by atoms with Gasteiger partial charge in [0.25, 0.3) is 5.91 Å². The number of hydrogen-bond donors (Lipinski definition) is 1. The molecule has 0 aliphatic rings. The van der Waals surface area contributed by atoms with Crippen molar-refractivity contribution in [3.05, 3.63) is 94.0 Å². The van der Waals surface area contributed by atoms with Gasteiger partial charge in [-0.2, -0.15) is 5.10 Å². The van der Waals surface area contributed by atoms with E-state index in [4.69, 9.17) is 21.1 Å². The smallest absolute Gasteiger partial charge is 0.271 e. The van der Waals surface area contributed by atoms with Crippen molar-refractivity contribution < 1.29 is 14.3 Å². The Morgan fingerprint density at radius 2 is 1.80 bits per heavy atom. The summed E-state index contributed by atoms with van der Waals surface area (Å²) in [5.74, 6) is 0.722. The number of carbonyl (C=O) groups is 1. The second-order valence-electron chi connectivity index (χ2n) is 6.55. The second-order valence-corrected chi connectivity index (χ2v) is 6.96. The molecule has 0 spiro atoms. The third-order valence-electron chi connectivity index (χ3n) is 4.33. The topological polar surface area (TPSA) is 59.9 Å². The number of rotatable bonds is 8. The van der Waals surface area contributed by atoms with Gasteiger partial charge in [-0.3, -0.25) is 4.79 Å². The quantitative estimate of drug-likeness (QED) is 0.391. The van der Waals surface area contributed by atoms with Crippen LogP contribution < -0.4 is 14.9 Å². The first kappa shape index (κ1) is 21.4. The minimum atomic E-state index is -0.275. The second kappa shape index (κ2) is 10.5. The molecule has 1 N–H and O–H groups in total. The van der Waals surface area contributed by atoms with Crippen LogP contribution >= 0.6 is 11.6 Å². The predicted molar refractivity (Wildman–Crippen MR) is 120 cm³/mol. The summed E-state index contributed by atoms with van der Waals surface area (Å²) in [6.07, 6.45) is 1.52. The molecular formula is C24H23ClN2O3. The minimum Gasteiger partial charge on any atom is -0.490 e. The van der Waals surface area contributed by atoms with E-state index in [1.54, 1.807) is 18.2 Å². The van der Waals surface area contributed by atoms with Gasteiger partial charge >= 0.3 is 0 Å². The van der Waals surface area contributed by atoms with Crippen LogP contribution in [0.1, 0.15) is 34.0 Å². The van der Waals surface area contributed by atoms with Gasteiger partial charge in [-0.15, -0.1) is 0 Å². The van der Waals surface area contributed by atoms with E-state index in [0.717, 1.165) is 11.1 Å². The first-order chi connectivity index (χ1) is 14.6. The first-order valence-electron chi connectivity index (χ1n) is 9.60. The van der Waals surface area contributed by atoms with Gasteiger partial charge in [-0.1, -0.05) is 60.1 Å². The number of amides is 1. The number of nitrogens with zero attached hydrogens (tertiary/aromatic N) is 1. The number of hydrazone groups is 1. The van der Waals surface area contributed by atoms with Crippen molar-refractivity contribution in [2.24, 2.45) is 5.10 Å². The van der Waals surface area contributed by atoms with Crippen LogP contribution in [-0.2, 0) is 6.61 Å². The van der Waals surface area contributed by atoms with Crippen LogP contribution in [0, 0.1) is 6.92 Å². The molecule has 3 aromatic rings. The highest BCUT2D eigenvalue weighted by atomic mass is 35.5. The standard InChI is InChI=1S/C24H23ClN2O3/c1-3-29-22-14-19(15-26-27-24(28)20-12-8-7-9-17(20)2)13-21(25)23(22)30-16-18-10-5-4-6-11-18/h4-15H,3,16H2,1-2H3,(H,27,28)/b26-15+. The van der Waals surface area contributed by atoms with Crippen molar-refractivity contribution in [1.82, 2.24) is 5.43 Å². The fourth-order valence-electron chi connectivity index (χ4n) is 2.85. The van der Waals surface area contributed by atoms with Crippen LogP contribution in [0.2, 0.25) is 5.02 Å². The lowest BCUT2D eigenvalue weighted by Crippen LogP contribution is -2.18. The molecule has 3 rings (SSSR count). The molecular weight excluding hydrogens is 400 g/mol. The van der Waals surface area contributed by atoms with E-state index in [-0.39, 0.29) is 5.91 Å². The minimum absolute atomic E-state index is 0.275. The highest BCUT2D eigenvalue weighted by Gasteiger charge is 2.13. The molecule has 0 aromatic heterocycles. The van der Waals surface area contributed by atoms with Crippen LogP contribution in [0.5, 0.6) is 11.5 Å². The summed E-state index contributed by atoms with van der Waals surface area (Å²) < 4.78 is 11.6. The van der Waals surface area contributed by atoms with E-state index in [2.05, 4.69) is 10.5 Å². The van der Waals surface area contributed by atoms with Crippen molar-refractivity contribution in [2.45, 2.75) is 20.5 Å². The largest absolute Gasteiger partial charge is 0.490 e. The Labute approximate surface area is 181 Å². The summed E-state index contributed by atoms with van der Waals surface area (Å²) in [5, 5.41) is 4.45. The molecule has 0 aliphatic heterocycles. The molecule has 0 saturated carbocycles. The third-order valence-corrected chi connectivity index (χ3v) is 4.61. The lowest BCUT2D eigenvalue weighted by atomic mass is 10.1. The summed E-state index contributed by atoms with van der Waals surface area (Å²) in [4.78, 5) is 12.3. The molecule has 3 aromatic carbocycles. The molecule has 0 unspecified atom stereocenters. The summed E-state index contributed by atoms with van der Waals surface area (Å²) >= 11 is 6.44. The van der Waals surface area contributed by atoms with Gasteiger partial charge in [0, 0.05) is 5.56 Å². The highest BCUT2D eigenvalue weighted by Crippen LogP contribution is 2.37. The van der Waals surface area contributed by atoms with E-state index in [1.807, 2.05) is 62.4 Å². The molecule has 0 fully saturated rings. The number of nitrogens with one attached hydrogen (secondary N) is 1. The normalized spacial score (nSPS) is 10.8. The molecule has 0 radical (unpaired) electrons. The van der Waals surface area contributed by atoms with Crippen molar-refractivity contribution in [1.29, 1.82) is 0 Å². The average molecular weight is 423 g/mol. The van der Waals surface area contributed by atoms with E-state index in [9.17, 15) is 4.79 Å². The average Bonchev–Trinajstić information content (AvgIpc) is 2.74. The molecule has 30 heavy (non-hydrogen) atoms. The number of halogens is 1. The maximum atomic E-state index is 12.3. The Bertz CT molecular complexity index is 1040. The zero-order valence-corrected chi connectivity index (χ0v) is 17.6. The summed E-state index contributed by atoms with van der Waals surface area (Å²) in [6, 6.07) is 20.6. The molecule has 5 nitrogen and oxygen atoms in total. The van der Waals surface area contributed by atoms with Gasteiger partial charge in [0.1, 0.15) is 6.61 Å². The Morgan fingerprint density at radius 1 is 1.07 bits per heavy atom. The van der Waals surface area contributed by atoms with Gasteiger partial charge < -0.3 is 9.47 Å². The fraction of sp³-hybridized carbons (Fsp3) is 0.167. The van der Waals surface area contributed by atoms with Crippen molar-refractivity contribution in [2.75, 3.05) is 6.61 Å². The number of ether oxygens (including phenoxy) is 2. The van der Waals surface area contributed by atoms with Crippen molar-refractivity contribution in [3.8, 4) is 11.5 Å². The van der Waals surface area contributed by atoms with Gasteiger partial charge in [0.05, 0.1) is 17.8 Å². The van der Waals surface area contributed by atoms with Crippen LogP contribution in [0.25, 0.3) is 0 Å². The van der Waals surface area contributed by atoms with E-state index >= 15 is 0 Å². The molecule has 0 saturated heterocycles. The van der Waals surface area contributed by atoms with Crippen LogP contribution in [0.3, 0.4) is 0 Å². The van der Waals surface area contributed by atoms with E-state index < -0.39 is 0 Å². The molecule has 6 heteroatoms. The van der Waals surface area contributed by atoms with Crippen molar-refractivity contribution in [3.63, 3.8) is 0 Å². The molecule has 0 aliphatic carbocycles. The first-order valence-corrected chi connectivity index (χ1v) is 9.98. The third kappa shape index (κ3) is 5.61. The molecule has 0 heterocycles. The molecule has 0 bridgehead atoms. The van der Waals surface area contributed by atoms with Gasteiger partial charge in [-0.05, 0) is 48.7 Å². The van der Waals surface area contributed by atoms with Crippen LogP contribution in [-0.4, -0.2) is 18.7 Å². The zero-order valence-electron chi connectivity index (χ0n) is 16.9. The highest BCUT2D eigenvalue weighted by molar-refractivity contribution is 6.32. The Hall–Kier alpha value is -3.31. The van der Waals surface area contributed by atoms with E-state index in [1.165, 1.54) is 6.21 Å². The van der Waals surface area contributed by atoms with Crippen LogP contribution in [0.15, 0.2) is 71.8 Å². The summed E-state index contributed by atoms with van der Waals surface area (Å²) in [5.41, 5.74) is 5.70. The lowest BCUT2D eigenvalue weighted by molar-refractivity contribution is 0.0954. The fourth-order valence-corrected chi connectivity index (χ4v) is 3.12. The number of aryl methyl sites for hydroxylation is 1. The zero-order chi connectivity index (χ0) is 21.3. The predicted octanol–water partition coefficient (Wildman–Crippen LogP) is 5.39. The Morgan fingerprint density at radius 3 is 2.53 bits per heavy atom. The van der Waals surface area contributed by atoms with Gasteiger partial charge in [-0.25, -0.2) is 5.43 Å². The number of carbonyl (C=O) groups excluding carboxylic acids is 1. The number of benzene rings is 3. The summed E-state index contributed by atoms with van der Waals surface area (Å²) in [7, 11) is 0. The Kier molecular flexibility index (Phi) is 7.46. The van der Waals surface area contributed by atoms with Crippen molar-refractivity contribution >= 4 is 23.7 Å². The molecule has 154 valence electrons. The SMILES string of the molecule is CCOc1cc(/C=N/NC(=O)c2ccccc2C)cc(Cl)c1OCc1ccccc1. The Balaban J connectivity index is 1.73. The number of hydrogen-bond acceptors (Lipinski definition) is 4. The molecule has 0 atom stereocenters. The summed E-state index contributed by atoms with van der Waals surface area (Å²) in [6.45, 7) is 4.60. The van der Waals surface area contributed by atoms with Gasteiger partial charge in [0.15, 0.2) is 11.5 Å². The van der Waals surface area contributed by atoms with Gasteiger partial charge in [0.2, 0.25) is 0 Å². The maximum Gasteiger partial charge on any atom is 0.271 e. The maximum absolute atomic E-state index is 12.3. The monoisotopic (exact) mass is 422 g/mol.